The largest absolute Gasteiger partial charge is 0.273 e. The van der Waals surface area contributed by atoms with Crippen LogP contribution < -0.4 is 4.31 Å². The number of halogens is 1. The van der Waals surface area contributed by atoms with Crippen molar-refractivity contribution < 1.29 is 8.42 Å². The summed E-state index contributed by atoms with van der Waals surface area (Å²) in [6.45, 7) is 3.82. The van der Waals surface area contributed by atoms with Gasteiger partial charge in [-0.25, -0.2) is 8.42 Å². The molecule has 0 fully saturated rings. The monoisotopic (exact) mass is 359 g/mol. The molecule has 0 unspecified atom stereocenters. The van der Waals surface area contributed by atoms with Crippen LogP contribution in [-0.2, 0) is 10.0 Å². The maximum Gasteiger partial charge on any atom is 0.273 e. The third-order valence-electron chi connectivity index (χ3n) is 2.81. The first-order valence-corrected chi connectivity index (χ1v) is 8.69. The number of nitrogens with zero attached hydrogens (tertiary/aromatic N) is 1. The third kappa shape index (κ3) is 2.85. The Hall–Kier alpha value is -0.850. The summed E-state index contributed by atoms with van der Waals surface area (Å²) >= 11 is 4.60. The van der Waals surface area contributed by atoms with Crippen LogP contribution in [0.15, 0.2) is 38.3 Å². The molecule has 0 N–H and O–H groups in total. The zero-order chi connectivity index (χ0) is 14.2. The highest BCUT2D eigenvalue weighted by atomic mass is 79.9. The number of hydrogen-bond donors (Lipinski definition) is 0. The minimum atomic E-state index is -3.49. The second-order valence-corrected chi connectivity index (χ2v) is 8.90. The van der Waals surface area contributed by atoms with Gasteiger partial charge in [0.1, 0.15) is 4.21 Å². The van der Waals surface area contributed by atoms with E-state index in [-0.39, 0.29) is 0 Å². The highest BCUT2D eigenvalue weighted by Gasteiger charge is 2.24. The lowest BCUT2D eigenvalue weighted by atomic mass is 10.2. The van der Waals surface area contributed by atoms with Gasteiger partial charge in [-0.05, 0) is 59.1 Å². The molecule has 6 heteroatoms. The Balaban J connectivity index is 2.45. The highest BCUT2D eigenvalue weighted by Crippen LogP contribution is 2.33. The van der Waals surface area contributed by atoms with Crippen LogP contribution in [0, 0.1) is 13.8 Å². The van der Waals surface area contributed by atoms with E-state index in [0.717, 1.165) is 14.9 Å². The third-order valence-corrected chi connectivity index (χ3v) is 7.19. The molecule has 0 saturated heterocycles. The number of benzene rings is 1. The topological polar surface area (TPSA) is 37.4 Å². The molecule has 0 radical (unpaired) electrons. The standard InChI is InChI=1S/C13H14BrNO2S2/c1-9-5-4-6-11(7-9)15(3)19(16,17)12-8-10(2)13(14)18-12/h4-8H,1-3H3. The summed E-state index contributed by atoms with van der Waals surface area (Å²) in [6.07, 6.45) is 0. The maximum absolute atomic E-state index is 12.5. The molecular weight excluding hydrogens is 346 g/mol. The van der Waals surface area contributed by atoms with Crippen LogP contribution in [0.2, 0.25) is 0 Å². The summed E-state index contributed by atoms with van der Waals surface area (Å²) < 4.78 is 27.6. The van der Waals surface area contributed by atoms with E-state index in [1.807, 2.05) is 32.0 Å². The van der Waals surface area contributed by atoms with Gasteiger partial charge in [0.15, 0.2) is 0 Å². The van der Waals surface area contributed by atoms with Gasteiger partial charge in [-0.3, -0.25) is 4.31 Å². The first-order chi connectivity index (χ1) is 8.82. The Kier molecular flexibility index (Phi) is 4.03. The Bertz CT molecular complexity index is 688. The van der Waals surface area contributed by atoms with Crippen molar-refractivity contribution in [1.29, 1.82) is 0 Å². The van der Waals surface area contributed by atoms with Crippen molar-refractivity contribution in [3.63, 3.8) is 0 Å². The zero-order valence-corrected chi connectivity index (χ0v) is 14.1. The highest BCUT2D eigenvalue weighted by molar-refractivity contribution is 9.11. The van der Waals surface area contributed by atoms with Gasteiger partial charge in [-0.15, -0.1) is 11.3 Å². The average Bonchev–Trinajstić information content (AvgIpc) is 2.69. The normalized spacial score (nSPS) is 11.6. The summed E-state index contributed by atoms with van der Waals surface area (Å²) in [4.78, 5) is 0. The van der Waals surface area contributed by atoms with Crippen molar-refractivity contribution in [2.45, 2.75) is 18.1 Å². The number of sulfonamides is 1. The van der Waals surface area contributed by atoms with Crippen LogP contribution in [0.25, 0.3) is 0 Å². The van der Waals surface area contributed by atoms with Gasteiger partial charge in [0, 0.05) is 7.05 Å². The fourth-order valence-corrected chi connectivity index (χ4v) is 5.24. The van der Waals surface area contributed by atoms with Crippen LogP contribution in [-0.4, -0.2) is 15.5 Å². The van der Waals surface area contributed by atoms with Crippen molar-refractivity contribution in [2.75, 3.05) is 11.4 Å². The molecule has 2 rings (SSSR count). The van der Waals surface area contributed by atoms with Crippen molar-refractivity contribution >= 4 is 43.0 Å². The van der Waals surface area contributed by atoms with E-state index in [1.165, 1.54) is 15.6 Å². The molecule has 1 aromatic carbocycles. The number of thiophene rings is 1. The number of rotatable bonds is 3. The lowest BCUT2D eigenvalue weighted by Crippen LogP contribution is -2.25. The summed E-state index contributed by atoms with van der Waals surface area (Å²) in [7, 11) is -1.91. The Morgan fingerprint density at radius 2 is 1.89 bits per heavy atom. The van der Waals surface area contributed by atoms with Crippen LogP contribution in [0.3, 0.4) is 0 Å². The molecule has 0 spiro atoms. The Morgan fingerprint density at radius 1 is 1.21 bits per heavy atom. The van der Waals surface area contributed by atoms with Gasteiger partial charge in [-0.2, -0.15) is 0 Å². The van der Waals surface area contributed by atoms with Crippen LogP contribution in [0.5, 0.6) is 0 Å². The van der Waals surface area contributed by atoms with Gasteiger partial charge in [0.05, 0.1) is 9.47 Å². The summed E-state index contributed by atoms with van der Waals surface area (Å²) in [5, 5.41) is 0. The van der Waals surface area contributed by atoms with Crippen molar-refractivity contribution in [3.05, 3.63) is 45.2 Å². The molecule has 0 saturated carbocycles. The Morgan fingerprint density at radius 3 is 2.42 bits per heavy atom. The van der Waals surface area contributed by atoms with E-state index in [2.05, 4.69) is 15.9 Å². The smallest absolute Gasteiger partial charge is 0.269 e. The summed E-state index contributed by atoms with van der Waals surface area (Å²) in [5.74, 6) is 0. The number of aryl methyl sites for hydroxylation is 2. The lowest BCUT2D eigenvalue weighted by molar-refractivity contribution is 0.596. The van der Waals surface area contributed by atoms with Crippen LogP contribution in [0.4, 0.5) is 5.69 Å². The molecule has 1 aromatic heterocycles. The molecular formula is C13H14BrNO2S2. The number of anilines is 1. The van der Waals surface area contributed by atoms with Crippen molar-refractivity contribution in [1.82, 2.24) is 0 Å². The predicted octanol–water partition coefficient (Wildman–Crippen LogP) is 3.95. The molecule has 19 heavy (non-hydrogen) atoms. The summed E-state index contributed by atoms with van der Waals surface area (Å²) in [6, 6.07) is 9.13. The van der Waals surface area contributed by atoms with E-state index in [4.69, 9.17) is 0 Å². The fraction of sp³-hybridized carbons (Fsp3) is 0.231. The lowest BCUT2D eigenvalue weighted by Gasteiger charge is -2.18. The molecule has 3 nitrogen and oxygen atoms in total. The molecule has 0 bridgehead atoms. The van der Waals surface area contributed by atoms with Gasteiger partial charge in [0.2, 0.25) is 0 Å². The van der Waals surface area contributed by atoms with Gasteiger partial charge in [0.25, 0.3) is 10.0 Å². The van der Waals surface area contributed by atoms with Gasteiger partial charge < -0.3 is 0 Å². The number of hydrogen-bond acceptors (Lipinski definition) is 3. The van der Waals surface area contributed by atoms with E-state index >= 15 is 0 Å². The predicted molar refractivity (Wildman–Crippen MR) is 83.5 cm³/mol. The molecule has 2 aromatic rings. The molecule has 0 aliphatic heterocycles. The van der Waals surface area contributed by atoms with Gasteiger partial charge >= 0.3 is 0 Å². The first kappa shape index (κ1) is 14.6. The molecule has 102 valence electrons. The second-order valence-electron chi connectivity index (χ2n) is 4.33. The van der Waals surface area contributed by atoms with Crippen molar-refractivity contribution in [3.8, 4) is 0 Å². The minimum Gasteiger partial charge on any atom is -0.269 e. The first-order valence-electron chi connectivity index (χ1n) is 5.64. The van der Waals surface area contributed by atoms with E-state index < -0.39 is 10.0 Å². The van der Waals surface area contributed by atoms with Crippen LogP contribution >= 0.6 is 27.3 Å². The molecule has 0 aliphatic carbocycles. The van der Waals surface area contributed by atoms with E-state index in [0.29, 0.717) is 9.90 Å². The zero-order valence-electron chi connectivity index (χ0n) is 10.8. The van der Waals surface area contributed by atoms with Crippen LogP contribution in [0.1, 0.15) is 11.1 Å². The van der Waals surface area contributed by atoms with E-state index in [1.54, 1.807) is 19.2 Å². The molecule has 0 atom stereocenters. The SMILES string of the molecule is Cc1cccc(N(C)S(=O)(=O)c2cc(C)c(Br)s2)c1. The Labute approximate surface area is 126 Å². The fourth-order valence-electron chi connectivity index (χ4n) is 1.66. The second kappa shape index (κ2) is 5.26. The maximum atomic E-state index is 12.5. The molecule has 1 heterocycles. The average molecular weight is 360 g/mol. The summed E-state index contributed by atoms with van der Waals surface area (Å²) in [5.41, 5.74) is 2.63. The van der Waals surface area contributed by atoms with Gasteiger partial charge in [-0.1, -0.05) is 12.1 Å². The molecule has 0 aliphatic rings. The van der Waals surface area contributed by atoms with Crippen molar-refractivity contribution in [2.24, 2.45) is 0 Å². The molecule has 0 amide bonds. The minimum absolute atomic E-state index is 0.348. The quantitative estimate of drug-likeness (QED) is 0.831. The van der Waals surface area contributed by atoms with E-state index in [9.17, 15) is 8.42 Å².